The third-order valence-corrected chi connectivity index (χ3v) is 5.66. The minimum Gasteiger partial charge on any atom is -0.368 e. The predicted octanol–water partition coefficient (Wildman–Crippen LogP) is 2.55. The van der Waals surface area contributed by atoms with Crippen molar-refractivity contribution in [3.63, 3.8) is 0 Å². The van der Waals surface area contributed by atoms with Crippen LogP contribution in [-0.2, 0) is 4.79 Å². The molecule has 1 aliphatic heterocycles. The van der Waals surface area contributed by atoms with Crippen molar-refractivity contribution in [3.8, 4) is 0 Å². The van der Waals surface area contributed by atoms with Gasteiger partial charge in [0, 0.05) is 37.4 Å². The Morgan fingerprint density at radius 2 is 1.79 bits per heavy atom. The summed E-state index contributed by atoms with van der Waals surface area (Å²) in [5.41, 5.74) is 4.48. The number of aryl methyl sites for hydroxylation is 1. The van der Waals surface area contributed by atoms with Gasteiger partial charge in [0.25, 0.3) is 5.91 Å². The van der Waals surface area contributed by atoms with E-state index in [-0.39, 0.29) is 11.9 Å². The van der Waals surface area contributed by atoms with Gasteiger partial charge in [-0.3, -0.25) is 4.79 Å². The molecule has 1 heterocycles. The fourth-order valence-electron chi connectivity index (χ4n) is 3.61. The van der Waals surface area contributed by atoms with Crippen molar-refractivity contribution in [1.82, 2.24) is 4.90 Å². The lowest BCUT2D eigenvalue weighted by molar-refractivity contribution is -0.683. The maximum Gasteiger partial charge on any atom is 0.277 e. The first-order chi connectivity index (χ1) is 13.4. The maximum absolute atomic E-state index is 13.4. The quantitative estimate of drug-likeness (QED) is 0.855. The Labute approximate surface area is 165 Å². The molecule has 0 aliphatic carbocycles. The highest BCUT2D eigenvalue weighted by Gasteiger charge is 2.24. The molecular formula is C22H28F2N3O+. The molecule has 6 heteroatoms. The van der Waals surface area contributed by atoms with Crippen LogP contribution >= 0.6 is 0 Å². The van der Waals surface area contributed by atoms with Gasteiger partial charge in [0.15, 0.2) is 18.2 Å². The average molecular weight is 388 g/mol. The summed E-state index contributed by atoms with van der Waals surface area (Å²) in [4.78, 5) is 16.8. The van der Waals surface area contributed by atoms with E-state index >= 15 is 0 Å². The number of carbonyl (C=O) groups excluding carboxylic acids is 1. The first kappa shape index (κ1) is 20.3. The molecule has 0 aromatic heterocycles. The SMILES string of the molecule is Cc1cccc(N2CCN(C(=O)C[NH2+][C@H](C)c3ccc(F)c(F)c3)CC2)c1C. The zero-order valence-electron chi connectivity index (χ0n) is 16.7. The van der Waals surface area contributed by atoms with E-state index in [1.54, 1.807) is 6.07 Å². The van der Waals surface area contributed by atoms with Crippen LogP contribution in [0.2, 0.25) is 0 Å². The summed E-state index contributed by atoms with van der Waals surface area (Å²) in [5, 5.41) is 1.87. The predicted molar refractivity (Wildman–Crippen MR) is 106 cm³/mol. The number of hydrogen-bond donors (Lipinski definition) is 1. The number of anilines is 1. The van der Waals surface area contributed by atoms with Crippen molar-refractivity contribution in [2.45, 2.75) is 26.8 Å². The molecule has 4 nitrogen and oxygen atoms in total. The molecule has 0 saturated carbocycles. The molecule has 3 rings (SSSR count). The van der Waals surface area contributed by atoms with Gasteiger partial charge in [-0.1, -0.05) is 12.1 Å². The molecule has 2 N–H and O–H groups in total. The van der Waals surface area contributed by atoms with Crippen molar-refractivity contribution in [2.75, 3.05) is 37.6 Å². The van der Waals surface area contributed by atoms with Gasteiger partial charge in [0.1, 0.15) is 6.04 Å². The van der Waals surface area contributed by atoms with Crippen molar-refractivity contribution in [1.29, 1.82) is 0 Å². The lowest BCUT2D eigenvalue weighted by Gasteiger charge is -2.36. The molecule has 1 fully saturated rings. The molecule has 2 aromatic carbocycles. The van der Waals surface area contributed by atoms with Crippen LogP contribution in [0.25, 0.3) is 0 Å². The van der Waals surface area contributed by atoms with Crippen LogP contribution < -0.4 is 10.2 Å². The number of piperazine rings is 1. The summed E-state index contributed by atoms with van der Waals surface area (Å²) in [6.45, 7) is 9.45. The summed E-state index contributed by atoms with van der Waals surface area (Å²) in [5.74, 6) is -1.63. The van der Waals surface area contributed by atoms with Gasteiger partial charge in [-0.15, -0.1) is 0 Å². The van der Waals surface area contributed by atoms with Gasteiger partial charge in [0.2, 0.25) is 0 Å². The molecular weight excluding hydrogens is 360 g/mol. The third-order valence-electron chi connectivity index (χ3n) is 5.66. The Morgan fingerprint density at radius 3 is 2.46 bits per heavy atom. The Morgan fingerprint density at radius 1 is 1.07 bits per heavy atom. The van der Waals surface area contributed by atoms with Crippen LogP contribution in [0.4, 0.5) is 14.5 Å². The molecule has 0 radical (unpaired) electrons. The zero-order chi connectivity index (χ0) is 20.3. The minimum absolute atomic E-state index is 0.0787. The van der Waals surface area contributed by atoms with Crippen molar-refractivity contribution in [2.24, 2.45) is 0 Å². The smallest absolute Gasteiger partial charge is 0.277 e. The summed E-state index contributed by atoms with van der Waals surface area (Å²) < 4.78 is 26.5. The Hall–Kier alpha value is -2.47. The largest absolute Gasteiger partial charge is 0.368 e. The van der Waals surface area contributed by atoms with Gasteiger partial charge in [-0.05, 0) is 56.2 Å². The first-order valence-corrected chi connectivity index (χ1v) is 9.74. The number of quaternary nitrogens is 1. The zero-order valence-corrected chi connectivity index (χ0v) is 16.7. The van der Waals surface area contributed by atoms with Crippen LogP contribution in [0.15, 0.2) is 36.4 Å². The van der Waals surface area contributed by atoms with Crippen molar-refractivity contribution in [3.05, 3.63) is 64.7 Å². The standard InChI is InChI=1S/C22H27F2N3O/c1-15-5-4-6-21(16(15)2)26-9-11-27(12-10-26)22(28)14-25-17(3)18-7-8-19(23)20(24)13-18/h4-8,13,17,25H,9-12,14H2,1-3H3/p+1/t17-/m1/s1. The summed E-state index contributed by atoms with van der Waals surface area (Å²) in [6, 6.07) is 10.1. The second-order valence-corrected chi connectivity index (χ2v) is 7.49. The van der Waals surface area contributed by atoms with Crippen LogP contribution in [0.1, 0.15) is 29.7 Å². The maximum atomic E-state index is 13.4. The van der Waals surface area contributed by atoms with E-state index in [1.165, 1.54) is 22.9 Å². The Balaban J connectivity index is 1.51. The monoisotopic (exact) mass is 388 g/mol. The highest BCUT2D eigenvalue weighted by molar-refractivity contribution is 5.77. The van der Waals surface area contributed by atoms with E-state index in [4.69, 9.17) is 0 Å². The van der Waals surface area contributed by atoms with Gasteiger partial charge < -0.3 is 15.1 Å². The number of amides is 1. The number of nitrogens with zero attached hydrogens (tertiary/aromatic N) is 2. The highest BCUT2D eigenvalue weighted by atomic mass is 19.2. The number of rotatable bonds is 5. The van der Waals surface area contributed by atoms with Gasteiger partial charge in [-0.2, -0.15) is 0 Å². The number of benzene rings is 2. The minimum atomic E-state index is -0.855. The van der Waals surface area contributed by atoms with E-state index in [2.05, 4.69) is 36.9 Å². The molecule has 2 aromatic rings. The van der Waals surface area contributed by atoms with E-state index in [0.29, 0.717) is 25.2 Å². The lowest BCUT2D eigenvalue weighted by atomic mass is 10.1. The van der Waals surface area contributed by atoms with Crippen LogP contribution in [-0.4, -0.2) is 43.5 Å². The third kappa shape index (κ3) is 4.50. The molecule has 1 amide bonds. The molecule has 0 bridgehead atoms. The van der Waals surface area contributed by atoms with Gasteiger partial charge >= 0.3 is 0 Å². The first-order valence-electron chi connectivity index (χ1n) is 9.74. The summed E-state index contributed by atoms with van der Waals surface area (Å²) in [6.07, 6.45) is 0. The van der Waals surface area contributed by atoms with E-state index in [0.717, 1.165) is 19.2 Å². The van der Waals surface area contributed by atoms with Gasteiger partial charge in [-0.25, -0.2) is 8.78 Å². The fourth-order valence-corrected chi connectivity index (χ4v) is 3.61. The average Bonchev–Trinajstić information content (AvgIpc) is 2.70. The number of nitrogens with two attached hydrogens (primary N) is 1. The number of hydrogen-bond acceptors (Lipinski definition) is 2. The summed E-state index contributed by atoms with van der Waals surface area (Å²) >= 11 is 0. The number of carbonyl (C=O) groups is 1. The molecule has 0 unspecified atom stereocenters. The second-order valence-electron chi connectivity index (χ2n) is 7.49. The molecule has 1 atom stereocenters. The summed E-state index contributed by atoms with van der Waals surface area (Å²) in [7, 11) is 0. The van der Waals surface area contributed by atoms with E-state index < -0.39 is 11.6 Å². The second kappa shape index (κ2) is 8.69. The van der Waals surface area contributed by atoms with E-state index in [9.17, 15) is 13.6 Å². The lowest BCUT2D eigenvalue weighted by Crippen LogP contribution is -2.87. The fraction of sp³-hybridized carbons (Fsp3) is 0.409. The van der Waals surface area contributed by atoms with Crippen molar-refractivity contribution < 1.29 is 18.9 Å². The van der Waals surface area contributed by atoms with Gasteiger partial charge in [0.05, 0.1) is 0 Å². The van der Waals surface area contributed by atoms with Crippen LogP contribution in [0.3, 0.4) is 0 Å². The molecule has 1 saturated heterocycles. The van der Waals surface area contributed by atoms with E-state index in [1.807, 2.05) is 17.1 Å². The van der Waals surface area contributed by atoms with Crippen molar-refractivity contribution >= 4 is 11.6 Å². The van der Waals surface area contributed by atoms with Crippen LogP contribution in [0, 0.1) is 25.5 Å². The Bertz CT molecular complexity index is 848. The van der Waals surface area contributed by atoms with Crippen LogP contribution in [0.5, 0.6) is 0 Å². The Kier molecular flexibility index (Phi) is 6.29. The number of halogens is 2. The normalized spacial score (nSPS) is 15.6. The highest BCUT2D eigenvalue weighted by Crippen LogP contribution is 2.23. The molecule has 0 spiro atoms. The molecule has 150 valence electrons. The molecule has 1 aliphatic rings. The molecule has 28 heavy (non-hydrogen) atoms. The topological polar surface area (TPSA) is 40.2 Å².